The molecule has 2 rings (SSSR count). The first-order valence-electron chi connectivity index (χ1n) is 5.72. The Kier molecular flexibility index (Phi) is 8.56. The minimum Gasteiger partial charge on any atom is -0.370 e. The van der Waals surface area contributed by atoms with Crippen molar-refractivity contribution in [3.63, 3.8) is 0 Å². The van der Waals surface area contributed by atoms with E-state index in [1.54, 1.807) is 41.6 Å². The Labute approximate surface area is 134 Å². The number of nitrogens with two attached hydrogens (primary N) is 1. The van der Waals surface area contributed by atoms with Crippen molar-refractivity contribution in [3.8, 4) is 5.82 Å². The van der Waals surface area contributed by atoms with Crippen molar-refractivity contribution in [2.45, 2.75) is 6.10 Å². The van der Waals surface area contributed by atoms with Crippen LogP contribution < -0.4 is 11.1 Å². The number of nitrogens with one attached hydrogen (secondary N) is 1. The lowest BCUT2D eigenvalue weighted by Gasteiger charge is -2.13. The Balaban J connectivity index is 0.00000200. The number of rotatable bonds is 5. The molecule has 0 saturated heterocycles. The number of halogens is 2. The lowest BCUT2D eigenvalue weighted by atomic mass is 10.3. The number of aromatic nitrogens is 3. The summed E-state index contributed by atoms with van der Waals surface area (Å²) in [5.74, 6) is 0.430. The molecule has 2 aromatic rings. The van der Waals surface area contributed by atoms with Crippen LogP contribution in [-0.4, -0.2) is 40.2 Å². The second-order valence-electron chi connectivity index (χ2n) is 3.82. The number of imidazole rings is 1. The van der Waals surface area contributed by atoms with Crippen LogP contribution in [0.1, 0.15) is 0 Å². The van der Waals surface area contributed by atoms with Gasteiger partial charge in [-0.15, -0.1) is 24.8 Å². The van der Waals surface area contributed by atoms with Crippen molar-refractivity contribution in [1.82, 2.24) is 14.5 Å². The molecule has 0 aromatic carbocycles. The number of pyridine rings is 1. The molecule has 7 nitrogen and oxygen atoms in total. The molecule has 0 fully saturated rings. The molecular formula is C12H17Cl2N5O2. The molecule has 9 heteroatoms. The predicted molar refractivity (Wildman–Crippen MR) is 84.3 cm³/mol. The molecule has 3 N–H and O–H groups in total. The number of nitrogens with zero attached hydrogens (tertiary/aromatic N) is 3. The molecule has 116 valence electrons. The van der Waals surface area contributed by atoms with Crippen molar-refractivity contribution >= 4 is 36.4 Å². The number of amides is 1. The molecule has 0 aliphatic carbocycles. The molecule has 1 amide bonds. The average Bonchev–Trinajstić information content (AvgIpc) is 2.95. The summed E-state index contributed by atoms with van der Waals surface area (Å²) in [7, 11) is 1.44. The summed E-state index contributed by atoms with van der Waals surface area (Å²) >= 11 is 0. The zero-order chi connectivity index (χ0) is 13.7. The molecule has 2 aromatic heterocycles. The molecule has 21 heavy (non-hydrogen) atoms. The van der Waals surface area contributed by atoms with E-state index in [4.69, 9.17) is 10.5 Å². The fourth-order valence-corrected chi connectivity index (χ4v) is 1.54. The molecule has 1 unspecified atom stereocenters. The third kappa shape index (κ3) is 4.98. The van der Waals surface area contributed by atoms with Crippen LogP contribution in [0.2, 0.25) is 0 Å². The highest BCUT2D eigenvalue weighted by atomic mass is 35.5. The van der Waals surface area contributed by atoms with Gasteiger partial charge in [0.25, 0.3) is 5.91 Å². The monoisotopic (exact) mass is 333 g/mol. The lowest BCUT2D eigenvalue weighted by Crippen LogP contribution is -2.35. The fraction of sp³-hybridized carbons (Fsp3) is 0.250. The largest absolute Gasteiger partial charge is 0.370 e. The third-order valence-electron chi connectivity index (χ3n) is 2.58. The molecular weight excluding hydrogens is 317 g/mol. The lowest BCUT2D eigenvalue weighted by molar-refractivity contribution is -0.125. The van der Waals surface area contributed by atoms with Crippen molar-refractivity contribution in [1.29, 1.82) is 0 Å². The van der Waals surface area contributed by atoms with Crippen LogP contribution in [0, 0.1) is 0 Å². The highest BCUT2D eigenvalue weighted by molar-refractivity contribution is 5.94. The number of carbonyl (C=O) groups is 1. The molecule has 0 spiro atoms. The maximum atomic E-state index is 11.7. The molecule has 0 radical (unpaired) electrons. The van der Waals surface area contributed by atoms with Gasteiger partial charge in [0.15, 0.2) is 0 Å². The Morgan fingerprint density at radius 2 is 2.24 bits per heavy atom. The summed E-state index contributed by atoms with van der Waals surface area (Å²) in [5.41, 5.74) is 6.00. The second-order valence-corrected chi connectivity index (χ2v) is 3.82. The normalized spacial score (nSPS) is 11.0. The number of carbonyl (C=O) groups excluding carboxylic acids is 1. The van der Waals surface area contributed by atoms with Gasteiger partial charge in [0.2, 0.25) is 0 Å². The van der Waals surface area contributed by atoms with Gasteiger partial charge in [0, 0.05) is 26.0 Å². The molecule has 0 aliphatic heterocycles. The summed E-state index contributed by atoms with van der Waals surface area (Å²) < 4.78 is 6.71. The van der Waals surface area contributed by atoms with E-state index >= 15 is 0 Å². The van der Waals surface area contributed by atoms with Gasteiger partial charge in [-0.2, -0.15) is 0 Å². The summed E-state index contributed by atoms with van der Waals surface area (Å²) in [6.45, 7) is 0.128. The zero-order valence-corrected chi connectivity index (χ0v) is 12.9. The first-order chi connectivity index (χ1) is 9.24. The summed E-state index contributed by atoms with van der Waals surface area (Å²) in [6, 6.07) is 3.53. The van der Waals surface area contributed by atoms with E-state index in [0.29, 0.717) is 5.69 Å². The Hall–Kier alpha value is -1.67. The summed E-state index contributed by atoms with van der Waals surface area (Å²) in [5, 5.41) is 2.69. The van der Waals surface area contributed by atoms with Crippen LogP contribution in [0.3, 0.4) is 0 Å². The van der Waals surface area contributed by atoms with Crippen molar-refractivity contribution in [2.24, 2.45) is 5.73 Å². The van der Waals surface area contributed by atoms with Crippen molar-refractivity contribution < 1.29 is 9.53 Å². The highest BCUT2D eigenvalue weighted by Gasteiger charge is 2.15. The zero-order valence-electron chi connectivity index (χ0n) is 11.3. The van der Waals surface area contributed by atoms with Gasteiger partial charge in [-0.1, -0.05) is 0 Å². The minimum absolute atomic E-state index is 0. The first kappa shape index (κ1) is 19.3. The number of ether oxygens (including phenoxy) is 1. The van der Waals surface area contributed by atoms with E-state index in [9.17, 15) is 4.79 Å². The number of methoxy groups -OCH3 is 1. The van der Waals surface area contributed by atoms with Crippen LogP contribution in [-0.2, 0) is 9.53 Å². The van der Waals surface area contributed by atoms with E-state index in [0.717, 1.165) is 5.82 Å². The van der Waals surface area contributed by atoms with Crippen LogP contribution in [0.15, 0.2) is 37.1 Å². The smallest absolute Gasteiger partial charge is 0.254 e. The van der Waals surface area contributed by atoms with Gasteiger partial charge in [0.05, 0.1) is 11.9 Å². The van der Waals surface area contributed by atoms with E-state index in [1.807, 2.05) is 0 Å². The van der Waals surface area contributed by atoms with E-state index in [-0.39, 0.29) is 37.3 Å². The van der Waals surface area contributed by atoms with Gasteiger partial charge < -0.3 is 15.8 Å². The maximum Gasteiger partial charge on any atom is 0.254 e. The van der Waals surface area contributed by atoms with Crippen molar-refractivity contribution in [3.05, 3.63) is 37.1 Å². The number of anilines is 1. The van der Waals surface area contributed by atoms with E-state index < -0.39 is 6.10 Å². The summed E-state index contributed by atoms with van der Waals surface area (Å²) in [4.78, 5) is 19.9. The summed E-state index contributed by atoms with van der Waals surface area (Å²) in [6.07, 6.45) is 6.01. The quantitative estimate of drug-likeness (QED) is 0.851. The third-order valence-corrected chi connectivity index (χ3v) is 2.58. The molecule has 2 heterocycles. The van der Waals surface area contributed by atoms with E-state index in [2.05, 4.69) is 15.3 Å². The van der Waals surface area contributed by atoms with Gasteiger partial charge in [-0.25, -0.2) is 9.97 Å². The van der Waals surface area contributed by atoms with Gasteiger partial charge in [-0.3, -0.25) is 9.36 Å². The predicted octanol–water partition coefficient (Wildman–Crippen LogP) is 1.02. The maximum absolute atomic E-state index is 11.7. The van der Waals surface area contributed by atoms with Crippen LogP contribution in [0.25, 0.3) is 5.82 Å². The SMILES string of the molecule is COC(CN)C(=O)Nc1ccc(-n2ccnc2)nc1.Cl.Cl. The van der Waals surface area contributed by atoms with Gasteiger partial charge in [0.1, 0.15) is 18.2 Å². The molecule has 0 saturated carbocycles. The van der Waals surface area contributed by atoms with E-state index in [1.165, 1.54) is 7.11 Å². The number of hydrogen-bond acceptors (Lipinski definition) is 5. The minimum atomic E-state index is -0.659. The second kappa shape index (κ2) is 9.30. The molecule has 0 aliphatic rings. The topological polar surface area (TPSA) is 95.1 Å². The standard InChI is InChI=1S/C12H15N5O2.2ClH/c1-19-10(6-13)12(18)16-9-2-3-11(15-7-9)17-5-4-14-8-17;;/h2-5,7-8,10H,6,13H2,1H3,(H,16,18);2*1H. The van der Waals surface area contributed by atoms with Gasteiger partial charge >= 0.3 is 0 Å². The Bertz CT molecular complexity index is 529. The van der Waals surface area contributed by atoms with Crippen LogP contribution >= 0.6 is 24.8 Å². The van der Waals surface area contributed by atoms with Crippen molar-refractivity contribution in [2.75, 3.05) is 19.0 Å². The van der Waals surface area contributed by atoms with Crippen LogP contribution in [0.4, 0.5) is 5.69 Å². The Morgan fingerprint density at radius 3 is 2.71 bits per heavy atom. The highest BCUT2D eigenvalue weighted by Crippen LogP contribution is 2.10. The first-order valence-corrected chi connectivity index (χ1v) is 5.72. The average molecular weight is 334 g/mol. The van der Waals surface area contributed by atoms with Crippen LogP contribution in [0.5, 0.6) is 0 Å². The number of hydrogen-bond donors (Lipinski definition) is 2. The molecule has 0 bridgehead atoms. The molecule has 1 atom stereocenters. The fourth-order valence-electron chi connectivity index (χ4n) is 1.54. The Morgan fingerprint density at radius 1 is 1.48 bits per heavy atom. The van der Waals surface area contributed by atoms with Gasteiger partial charge in [-0.05, 0) is 12.1 Å².